The maximum atomic E-state index is 13.0. The van der Waals surface area contributed by atoms with Crippen LogP contribution >= 0.6 is 23.2 Å². The maximum Gasteiger partial charge on any atom is 0.277 e. The second-order valence-electron chi connectivity index (χ2n) is 7.05. The minimum absolute atomic E-state index is 0.139. The number of pyridine rings is 1. The molecule has 0 saturated carbocycles. The van der Waals surface area contributed by atoms with Gasteiger partial charge in [-0.05, 0) is 67.9 Å². The topological polar surface area (TPSA) is 80.0 Å². The number of nitrogens with zero attached hydrogens (tertiary/aromatic N) is 3. The number of aromatic hydroxyl groups is 1. The molecule has 2 aromatic heterocycles. The number of phenols is 1. The van der Waals surface area contributed by atoms with E-state index in [0.29, 0.717) is 32.8 Å². The molecule has 8 heteroatoms. The lowest BCUT2D eigenvalue weighted by Crippen LogP contribution is -2.15. The summed E-state index contributed by atoms with van der Waals surface area (Å²) in [6.45, 7) is 3.73. The van der Waals surface area contributed by atoms with Gasteiger partial charge in [-0.2, -0.15) is 5.10 Å². The Labute approximate surface area is 189 Å². The van der Waals surface area contributed by atoms with Crippen molar-refractivity contribution in [2.45, 2.75) is 13.8 Å². The molecule has 0 aliphatic rings. The number of aryl methyl sites for hydroxylation is 1. The largest absolute Gasteiger partial charge is 0.508 e. The molecule has 2 N–H and O–H groups in total. The van der Waals surface area contributed by atoms with Crippen LogP contribution in [0.25, 0.3) is 16.9 Å². The lowest BCUT2D eigenvalue weighted by Gasteiger charge is -2.11. The van der Waals surface area contributed by atoms with Crippen molar-refractivity contribution in [3.8, 4) is 22.7 Å². The van der Waals surface area contributed by atoms with Crippen molar-refractivity contribution in [3.05, 3.63) is 87.7 Å². The van der Waals surface area contributed by atoms with Gasteiger partial charge in [-0.3, -0.25) is 4.79 Å². The number of rotatable bonds is 4. The fourth-order valence-corrected chi connectivity index (χ4v) is 3.70. The Morgan fingerprint density at radius 3 is 2.42 bits per heavy atom. The van der Waals surface area contributed by atoms with E-state index >= 15 is 0 Å². The van der Waals surface area contributed by atoms with Crippen molar-refractivity contribution in [3.63, 3.8) is 0 Å². The third-order valence-corrected chi connectivity index (χ3v) is 5.31. The zero-order valence-corrected chi connectivity index (χ0v) is 18.2. The van der Waals surface area contributed by atoms with Crippen molar-refractivity contribution in [2.24, 2.45) is 0 Å². The SMILES string of the molecule is Cc1ccc(NC(=O)c2nn(-c3ccc(Cl)cc3Cl)c(-c3ccc(O)cc3)c2C)nc1. The molecule has 0 atom stereocenters. The number of halogens is 2. The predicted octanol–water partition coefficient (Wildman–Crippen LogP) is 5.82. The second kappa shape index (κ2) is 8.41. The van der Waals surface area contributed by atoms with Crippen LogP contribution in [0.5, 0.6) is 5.75 Å². The molecule has 4 rings (SSSR count). The predicted molar refractivity (Wildman–Crippen MR) is 122 cm³/mol. The van der Waals surface area contributed by atoms with E-state index in [-0.39, 0.29) is 11.4 Å². The smallest absolute Gasteiger partial charge is 0.277 e. The number of benzene rings is 2. The molecule has 0 unspecified atom stereocenters. The molecule has 156 valence electrons. The molecule has 2 aromatic carbocycles. The number of hydrogen-bond acceptors (Lipinski definition) is 4. The minimum Gasteiger partial charge on any atom is -0.508 e. The molecule has 0 spiro atoms. The number of nitrogens with one attached hydrogen (secondary N) is 1. The van der Waals surface area contributed by atoms with Crippen LogP contribution in [-0.4, -0.2) is 25.8 Å². The number of anilines is 1. The summed E-state index contributed by atoms with van der Waals surface area (Å²) in [6, 6.07) is 15.3. The van der Waals surface area contributed by atoms with Crippen LogP contribution in [0.2, 0.25) is 10.0 Å². The summed E-state index contributed by atoms with van der Waals surface area (Å²) >= 11 is 12.5. The van der Waals surface area contributed by atoms with E-state index in [2.05, 4.69) is 15.4 Å². The highest BCUT2D eigenvalue weighted by atomic mass is 35.5. The average Bonchev–Trinajstić information content (AvgIpc) is 3.07. The van der Waals surface area contributed by atoms with Gasteiger partial charge in [-0.15, -0.1) is 0 Å². The van der Waals surface area contributed by atoms with E-state index in [1.807, 2.05) is 19.9 Å². The van der Waals surface area contributed by atoms with Gasteiger partial charge in [0.2, 0.25) is 0 Å². The molecule has 0 aliphatic heterocycles. The average molecular weight is 453 g/mol. The Bertz CT molecular complexity index is 1270. The standard InChI is InChI=1S/C23H18Cl2N4O2/c1-13-3-10-20(26-12-13)27-23(31)21-14(2)22(15-4-7-17(30)8-5-15)29(28-21)19-9-6-16(24)11-18(19)25/h3-12,30H,1-2H3,(H,26,27,31). The Morgan fingerprint density at radius 1 is 1.03 bits per heavy atom. The maximum absolute atomic E-state index is 13.0. The third kappa shape index (κ3) is 4.26. The molecular weight excluding hydrogens is 435 g/mol. The van der Waals surface area contributed by atoms with Crippen LogP contribution < -0.4 is 5.32 Å². The van der Waals surface area contributed by atoms with Gasteiger partial charge in [0.15, 0.2) is 5.69 Å². The van der Waals surface area contributed by atoms with Gasteiger partial charge in [-0.1, -0.05) is 29.3 Å². The van der Waals surface area contributed by atoms with Crippen LogP contribution in [-0.2, 0) is 0 Å². The van der Waals surface area contributed by atoms with Crippen molar-refractivity contribution in [2.75, 3.05) is 5.32 Å². The Hall–Kier alpha value is -3.35. The summed E-state index contributed by atoms with van der Waals surface area (Å²) in [5.74, 6) is 0.179. The van der Waals surface area contributed by atoms with Gasteiger partial charge < -0.3 is 10.4 Å². The highest BCUT2D eigenvalue weighted by Crippen LogP contribution is 2.33. The first-order chi connectivity index (χ1) is 14.8. The summed E-state index contributed by atoms with van der Waals surface area (Å²) in [6.07, 6.45) is 1.68. The quantitative estimate of drug-likeness (QED) is 0.408. The van der Waals surface area contributed by atoms with Crippen LogP contribution in [0.4, 0.5) is 5.82 Å². The zero-order chi connectivity index (χ0) is 22.1. The van der Waals surface area contributed by atoms with Crippen LogP contribution in [0.3, 0.4) is 0 Å². The number of carbonyl (C=O) groups excluding carboxylic acids is 1. The first-order valence-electron chi connectivity index (χ1n) is 9.42. The Kier molecular flexibility index (Phi) is 5.67. The monoisotopic (exact) mass is 452 g/mol. The Morgan fingerprint density at radius 2 is 1.77 bits per heavy atom. The summed E-state index contributed by atoms with van der Waals surface area (Å²) in [5, 5.41) is 17.9. The van der Waals surface area contributed by atoms with Crippen LogP contribution in [0.15, 0.2) is 60.8 Å². The zero-order valence-electron chi connectivity index (χ0n) is 16.7. The number of hydrogen-bond donors (Lipinski definition) is 2. The lowest BCUT2D eigenvalue weighted by atomic mass is 10.1. The summed E-state index contributed by atoms with van der Waals surface area (Å²) < 4.78 is 1.61. The van der Waals surface area contributed by atoms with E-state index in [1.54, 1.807) is 59.4 Å². The fraction of sp³-hybridized carbons (Fsp3) is 0.0870. The fourth-order valence-electron chi connectivity index (χ4n) is 3.21. The van der Waals surface area contributed by atoms with E-state index in [1.165, 1.54) is 0 Å². The molecule has 0 fully saturated rings. The molecule has 0 radical (unpaired) electrons. The van der Waals surface area contributed by atoms with Crippen molar-refractivity contribution in [1.29, 1.82) is 0 Å². The lowest BCUT2D eigenvalue weighted by molar-refractivity contribution is 0.102. The molecule has 6 nitrogen and oxygen atoms in total. The van der Waals surface area contributed by atoms with Crippen LogP contribution in [0, 0.1) is 13.8 Å². The summed E-state index contributed by atoms with van der Waals surface area (Å²) in [7, 11) is 0. The second-order valence-corrected chi connectivity index (χ2v) is 7.90. The first kappa shape index (κ1) is 20.9. The molecule has 0 aliphatic carbocycles. The normalized spacial score (nSPS) is 10.8. The number of amides is 1. The van der Waals surface area contributed by atoms with Gasteiger partial charge in [0, 0.05) is 22.3 Å². The van der Waals surface area contributed by atoms with Crippen LogP contribution in [0.1, 0.15) is 21.6 Å². The Balaban J connectivity index is 1.84. The van der Waals surface area contributed by atoms with Gasteiger partial charge in [0.1, 0.15) is 11.6 Å². The van der Waals surface area contributed by atoms with Gasteiger partial charge in [0.05, 0.1) is 16.4 Å². The van der Waals surface area contributed by atoms with E-state index in [4.69, 9.17) is 23.2 Å². The van der Waals surface area contributed by atoms with Gasteiger partial charge in [-0.25, -0.2) is 9.67 Å². The molecule has 2 heterocycles. The van der Waals surface area contributed by atoms with Crippen molar-refractivity contribution < 1.29 is 9.90 Å². The first-order valence-corrected chi connectivity index (χ1v) is 10.2. The highest BCUT2D eigenvalue weighted by molar-refractivity contribution is 6.35. The molecule has 4 aromatic rings. The molecule has 0 bridgehead atoms. The number of aromatic nitrogens is 3. The molecular formula is C23H18Cl2N4O2. The molecule has 31 heavy (non-hydrogen) atoms. The number of phenolic OH excluding ortho intramolecular Hbond substituents is 1. The van der Waals surface area contributed by atoms with Gasteiger partial charge >= 0.3 is 0 Å². The number of carbonyl (C=O) groups is 1. The van der Waals surface area contributed by atoms with Crippen molar-refractivity contribution in [1.82, 2.24) is 14.8 Å². The van der Waals surface area contributed by atoms with Gasteiger partial charge in [0.25, 0.3) is 5.91 Å². The van der Waals surface area contributed by atoms with Crippen molar-refractivity contribution >= 4 is 34.9 Å². The third-order valence-electron chi connectivity index (χ3n) is 4.77. The minimum atomic E-state index is -0.391. The van der Waals surface area contributed by atoms with E-state index in [0.717, 1.165) is 11.1 Å². The summed E-state index contributed by atoms with van der Waals surface area (Å²) in [5.41, 5.74) is 3.89. The summed E-state index contributed by atoms with van der Waals surface area (Å²) in [4.78, 5) is 17.2. The highest BCUT2D eigenvalue weighted by Gasteiger charge is 2.23. The van der Waals surface area contributed by atoms with E-state index < -0.39 is 5.91 Å². The molecule has 1 amide bonds. The molecule has 0 saturated heterocycles. The van der Waals surface area contributed by atoms with E-state index in [9.17, 15) is 9.90 Å².